The van der Waals surface area contributed by atoms with Crippen molar-refractivity contribution in [2.45, 2.75) is 58.1 Å². The monoisotopic (exact) mass is 225 g/mol. The van der Waals surface area contributed by atoms with E-state index in [1.54, 1.807) is 0 Å². The van der Waals surface area contributed by atoms with E-state index in [1.807, 2.05) is 20.8 Å². The molecule has 1 N–H and O–H groups in total. The van der Waals surface area contributed by atoms with Gasteiger partial charge >= 0.3 is 5.97 Å². The molecule has 3 nitrogen and oxygen atoms in total. The van der Waals surface area contributed by atoms with Crippen LogP contribution in [0.1, 0.15) is 46.5 Å². The van der Waals surface area contributed by atoms with Crippen molar-refractivity contribution in [3.8, 4) is 0 Å². The first-order valence-electron chi connectivity index (χ1n) is 6.42. The quantitative estimate of drug-likeness (QED) is 0.695. The van der Waals surface area contributed by atoms with E-state index < -0.39 is 0 Å². The first kappa shape index (κ1) is 11.9. The average molecular weight is 225 g/mol. The maximum absolute atomic E-state index is 12.0. The van der Waals surface area contributed by atoms with Crippen LogP contribution in [0.5, 0.6) is 0 Å². The van der Waals surface area contributed by atoms with Gasteiger partial charge in [0, 0.05) is 6.04 Å². The van der Waals surface area contributed by atoms with E-state index in [-0.39, 0.29) is 17.5 Å². The fourth-order valence-corrected chi connectivity index (χ4v) is 2.88. The van der Waals surface area contributed by atoms with Crippen molar-refractivity contribution in [2.75, 3.05) is 6.54 Å². The fraction of sp³-hybridized carbons (Fsp3) is 0.923. The second-order valence-electron chi connectivity index (χ2n) is 6.15. The zero-order chi connectivity index (χ0) is 11.8. The van der Waals surface area contributed by atoms with Crippen molar-refractivity contribution in [1.82, 2.24) is 5.32 Å². The van der Waals surface area contributed by atoms with E-state index in [9.17, 15) is 4.79 Å². The third-order valence-electron chi connectivity index (χ3n) is 3.66. The summed E-state index contributed by atoms with van der Waals surface area (Å²) in [6.07, 6.45) is 4.45. The smallest absolute Gasteiger partial charge is 0.309 e. The Balaban J connectivity index is 1.89. The van der Waals surface area contributed by atoms with Crippen LogP contribution in [0.3, 0.4) is 0 Å². The van der Waals surface area contributed by atoms with Crippen LogP contribution in [0, 0.1) is 11.8 Å². The molecule has 0 radical (unpaired) electrons. The molecule has 1 aliphatic heterocycles. The maximum Gasteiger partial charge on any atom is 0.309 e. The molecule has 2 rings (SSSR count). The molecule has 0 spiro atoms. The lowest BCUT2D eigenvalue weighted by Crippen LogP contribution is -2.38. The normalized spacial score (nSPS) is 34.6. The number of carbonyl (C=O) groups excluding carboxylic acids is 1. The van der Waals surface area contributed by atoms with Crippen LogP contribution in [-0.4, -0.2) is 24.2 Å². The van der Waals surface area contributed by atoms with Crippen LogP contribution in [0.15, 0.2) is 0 Å². The van der Waals surface area contributed by atoms with Gasteiger partial charge in [-0.2, -0.15) is 0 Å². The van der Waals surface area contributed by atoms with E-state index in [0.29, 0.717) is 6.04 Å². The summed E-state index contributed by atoms with van der Waals surface area (Å²) in [4.78, 5) is 12.0. The van der Waals surface area contributed by atoms with E-state index in [0.717, 1.165) is 25.3 Å². The summed E-state index contributed by atoms with van der Waals surface area (Å²) in [5, 5.41) is 3.50. The van der Waals surface area contributed by atoms with Gasteiger partial charge in [-0.05, 0) is 58.9 Å². The van der Waals surface area contributed by atoms with Gasteiger partial charge in [0.1, 0.15) is 5.60 Å². The second-order valence-corrected chi connectivity index (χ2v) is 6.15. The molecule has 0 aromatic carbocycles. The minimum atomic E-state index is -0.350. The van der Waals surface area contributed by atoms with E-state index in [4.69, 9.17) is 4.74 Å². The Bertz CT molecular complexity index is 270. The number of hydrogen-bond acceptors (Lipinski definition) is 3. The summed E-state index contributed by atoms with van der Waals surface area (Å²) in [6.45, 7) is 6.93. The highest BCUT2D eigenvalue weighted by Gasteiger charge is 2.37. The Morgan fingerprint density at radius 1 is 1.25 bits per heavy atom. The molecule has 92 valence electrons. The Kier molecular flexibility index (Phi) is 3.24. The molecule has 0 amide bonds. The second kappa shape index (κ2) is 4.36. The molecule has 0 aromatic rings. The lowest BCUT2D eigenvalue weighted by atomic mass is 9.79. The first-order valence-corrected chi connectivity index (χ1v) is 6.42. The summed E-state index contributed by atoms with van der Waals surface area (Å²) in [5.74, 6) is 0.921. The maximum atomic E-state index is 12.0. The SMILES string of the molecule is CC(C)(C)OC(=O)C1CCC2CCNC2C1. The van der Waals surface area contributed by atoms with E-state index in [2.05, 4.69) is 5.32 Å². The molecular formula is C13H23NO2. The van der Waals surface area contributed by atoms with Crippen molar-refractivity contribution in [3.05, 3.63) is 0 Å². The lowest BCUT2D eigenvalue weighted by Gasteiger charge is -2.32. The van der Waals surface area contributed by atoms with Crippen molar-refractivity contribution in [1.29, 1.82) is 0 Å². The minimum absolute atomic E-state index is 0.000324. The van der Waals surface area contributed by atoms with Crippen molar-refractivity contribution >= 4 is 5.97 Å². The van der Waals surface area contributed by atoms with Gasteiger partial charge in [0.05, 0.1) is 5.92 Å². The Hall–Kier alpha value is -0.570. The summed E-state index contributed by atoms with van der Waals surface area (Å²) in [5.41, 5.74) is -0.350. The number of nitrogens with one attached hydrogen (secondary N) is 1. The van der Waals surface area contributed by atoms with Crippen molar-refractivity contribution in [2.24, 2.45) is 11.8 Å². The van der Waals surface area contributed by atoms with Crippen LogP contribution >= 0.6 is 0 Å². The molecule has 0 aromatic heterocycles. The molecular weight excluding hydrogens is 202 g/mol. The largest absolute Gasteiger partial charge is 0.460 e. The Morgan fingerprint density at radius 3 is 2.69 bits per heavy atom. The van der Waals surface area contributed by atoms with Gasteiger partial charge in [0.25, 0.3) is 0 Å². The predicted molar refractivity (Wildman–Crippen MR) is 63.1 cm³/mol. The van der Waals surface area contributed by atoms with Crippen molar-refractivity contribution < 1.29 is 9.53 Å². The fourth-order valence-electron chi connectivity index (χ4n) is 2.88. The van der Waals surface area contributed by atoms with E-state index in [1.165, 1.54) is 12.8 Å². The van der Waals surface area contributed by atoms with Crippen molar-refractivity contribution in [3.63, 3.8) is 0 Å². The van der Waals surface area contributed by atoms with Crippen LogP contribution in [0.4, 0.5) is 0 Å². The topological polar surface area (TPSA) is 38.3 Å². The summed E-state index contributed by atoms with van der Waals surface area (Å²) in [6, 6.07) is 0.561. The molecule has 2 fully saturated rings. The molecule has 16 heavy (non-hydrogen) atoms. The number of carbonyl (C=O) groups is 1. The molecule has 1 aliphatic carbocycles. The summed E-state index contributed by atoms with van der Waals surface area (Å²) in [7, 11) is 0. The predicted octanol–water partition coefficient (Wildman–Crippen LogP) is 2.11. The first-order chi connectivity index (χ1) is 7.46. The zero-order valence-corrected chi connectivity index (χ0v) is 10.6. The lowest BCUT2D eigenvalue weighted by molar-refractivity contribution is -0.161. The molecule has 3 heteroatoms. The van der Waals surface area contributed by atoms with Crippen LogP contribution in [0.2, 0.25) is 0 Å². The third-order valence-corrected chi connectivity index (χ3v) is 3.66. The number of fused-ring (bicyclic) bond motifs is 1. The molecule has 1 heterocycles. The Morgan fingerprint density at radius 2 is 2.00 bits per heavy atom. The standard InChI is InChI=1S/C13H23NO2/c1-13(2,3)16-12(15)10-5-4-9-6-7-14-11(9)8-10/h9-11,14H,4-8H2,1-3H3. The summed E-state index contributed by atoms with van der Waals surface area (Å²) >= 11 is 0. The average Bonchev–Trinajstić information content (AvgIpc) is 2.61. The highest BCUT2D eigenvalue weighted by atomic mass is 16.6. The van der Waals surface area contributed by atoms with Gasteiger partial charge in [0.15, 0.2) is 0 Å². The highest BCUT2D eigenvalue weighted by Crippen LogP contribution is 2.35. The summed E-state index contributed by atoms with van der Waals surface area (Å²) < 4.78 is 5.46. The third kappa shape index (κ3) is 2.76. The number of rotatable bonds is 1. The Labute approximate surface area is 97.9 Å². The molecule has 3 atom stereocenters. The highest BCUT2D eigenvalue weighted by molar-refractivity contribution is 5.73. The van der Waals surface area contributed by atoms with Crippen LogP contribution < -0.4 is 5.32 Å². The van der Waals surface area contributed by atoms with Crippen LogP contribution in [-0.2, 0) is 9.53 Å². The number of esters is 1. The van der Waals surface area contributed by atoms with Gasteiger partial charge in [-0.15, -0.1) is 0 Å². The molecule has 1 saturated heterocycles. The molecule has 0 bridgehead atoms. The zero-order valence-electron chi connectivity index (χ0n) is 10.6. The number of hydrogen-bond donors (Lipinski definition) is 1. The number of ether oxygens (including phenoxy) is 1. The van der Waals surface area contributed by atoms with Gasteiger partial charge in [0.2, 0.25) is 0 Å². The van der Waals surface area contributed by atoms with Gasteiger partial charge < -0.3 is 10.1 Å². The molecule has 1 saturated carbocycles. The molecule has 2 aliphatic rings. The molecule has 3 unspecified atom stereocenters. The minimum Gasteiger partial charge on any atom is -0.460 e. The van der Waals surface area contributed by atoms with Crippen LogP contribution in [0.25, 0.3) is 0 Å². The van der Waals surface area contributed by atoms with Gasteiger partial charge in [-0.3, -0.25) is 4.79 Å². The van der Waals surface area contributed by atoms with E-state index >= 15 is 0 Å². The van der Waals surface area contributed by atoms with Gasteiger partial charge in [-0.1, -0.05) is 0 Å². The van der Waals surface area contributed by atoms with Gasteiger partial charge in [-0.25, -0.2) is 0 Å².